The summed E-state index contributed by atoms with van der Waals surface area (Å²) in [7, 11) is 1.46. The van der Waals surface area contributed by atoms with Gasteiger partial charge in [0.15, 0.2) is 11.6 Å². The molecule has 1 aromatic heterocycles. The molecule has 4 nitrogen and oxygen atoms in total. The number of benzene rings is 1. The van der Waals surface area contributed by atoms with Crippen molar-refractivity contribution < 1.29 is 19.1 Å². The number of rotatable bonds is 3. The van der Waals surface area contributed by atoms with E-state index in [0.29, 0.717) is 33.1 Å². The van der Waals surface area contributed by atoms with Gasteiger partial charge < -0.3 is 4.74 Å². The van der Waals surface area contributed by atoms with Crippen molar-refractivity contribution in [3.05, 3.63) is 50.7 Å². The minimum atomic E-state index is -0.253. The standard InChI is InChI=1S/C16H12O4S/c1-3-10(17)12-7-9-14(18)8-5-4-6-11(20-2)13(8)15(19)16(9)21-12/h4-7H,3H2,1-2H3. The summed E-state index contributed by atoms with van der Waals surface area (Å²) < 4.78 is 5.19. The first kappa shape index (κ1) is 13.7. The van der Waals surface area contributed by atoms with Gasteiger partial charge in [-0.05, 0) is 12.1 Å². The minimum Gasteiger partial charge on any atom is -0.496 e. The average molecular weight is 300 g/mol. The summed E-state index contributed by atoms with van der Waals surface area (Å²) in [5, 5.41) is 0. The highest BCUT2D eigenvalue weighted by atomic mass is 32.1. The second kappa shape index (κ2) is 4.93. The number of methoxy groups -OCH3 is 1. The number of ether oxygens (including phenoxy) is 1. The zero-order valence-electron chi connectivity index (χ0n) is 11.6. The Labute approximate surface area is 125 Å². The molecule has 0 spiro atoms. The first-order valence-corrected chi connectivity index (χ1v) is 7.33. The maximum Gasteiger partial charge on any atom is 0.208 e. The number of carbonyl (C=O) groups excluding carboxylic acids is 3. The lowest BCUT2D eigenvalue weighted by molar-refractivity contribution is 0.0979. The van der Waals surface area contributed by atoms with Gasteiger partial charge in [0, 0.05) is 17.5 Å². The van der Waals surface area contributed by atoms with Crippen molar-refractivity contribution in [1.29, 1.82) is 0 Å². The summed E-state index contributed by atoms with van der Waals surface area (Å²) in [6.07, 6.45) is 0.345. The Balaban J connectivity index is 2.22. The number of fused-ring (bicyclic) bond motifs is 2. The monoisotopic (exact) mass is 300 g/mol. The molecule has 1 aliphatic carbocycles. The third-order valence-corrected chi connectivity index (χ3v) is 4.67. The molecule has 1 heterocycles. The van der Waals surface area contributed by atoms with E-state index < -0.39 is 0 Å². The van der Waals surface area contributed by atoms with E-state index in [0.717, 1.165) is 11.3 Å². The fourth-order valence-electron chi connectivity index (χ4n) is 2.42. The van der Waals surface area contributed by atoms with Crippen molar-refractivity contribution in [3.63, 3.8) is 0 Å². The molecule has 0 radical (unpaired) electrons. The molecule has 0 atom stereocenters. The van der Waals surface area contributed by atoms with Crippen LogP contribution in [0.25, 0.3) is 0 Å². The molecule has 0 aliphatic heterocycles. The maximum absolute atomic E-state index is 12.6. The molecule has 0 bridgehead atoms. The van der Waals surface area contributed by atoms with Gasteiger partial charge >= 0.3 is 0 Å². The van der Waals surface area contributed by atoms with Gasteiger partial charge in [0.25, 0.3) is 0 Å². The molecular formula is C16H12O4S. The zero-order chi connectivity index (χ0) is 15.1. The van der Waals surface area contributed by atoms with Crippen molar-refractivity contribution in [1.82, 2.24) is 0 Å². The minimum absolute atomic E-state index is 0.0639. The Morgan fingerprint density at radius 1 is 1.19 bits per heavy atom. The van der Waals surface area contributed by atoms with Crippen LogP contribution in [-0.4, -0.2) is 24.5 Å². The lowest BCUT2D eigenvalue weighted by Crippen LogP contribution is -2.19. The normalized spacial score (nSPS) is 12.9. The summed E-state index contributed by atoms with van der Waals surface area (Å²) >= 11 is 1.09. The largest absolute Gasteiger partial charge is 0.496 e. The summed E-state index contributed by atoms with van der Waals surface area (Å²) in [6.45, 7) is 1.75. The highest BCUT2D eigenvalue weighted by Crippen LogP contribution is 2.37. The van der Waals surface area contributed by atoms with Crippen LogP contribution < -0.4 is 4.74 Å². The number of ketones is 3. The molecule has 106 valence electrons. The highest BCUT2D eigenvalue weighted by molar-refractivity contribution is 7.16. The maximum atomic E-state index is 12.6. The summed E-state index contributed by atoms with van der Waals surface area (Å²) in [5.74, 6) is -0.165. The Bertz CT molecular complexity index is 786. The third-order valence-electron chi connectivity index (χ3n) is 3.50. The van der Waals surface area contributed by atoms with Gasteiger partial charge in [-0.15, -0.1) is 11.3 Å². The van der Waals surface area contributed by atoms with Crippen molar-refractivity contribution in [3.8, 4) is 5.75 Å². The van der Waals surface area contributed by atoms with Gasteiger partial charge in [0.2, 0.25) is 5.78 Å². The van der Waals surface area contributed by atoms with Crippen molar-refractivity contribution in [2.75, 3.05) is 7.11 Å². The van der Waals surface area contributed by atoms with Crippen LogP contribution in [0.15, 0.2) is 24.3 Å². The van der Waals surface area contributed by atoms with Gasteiger partial charge in [-0.2, -0.15) is 0 Å². The Hall–Kier alpha value is -2.27. The van der Waals surface area contributed by atoms with Gasteiger partial charge in [0.1, 0.15) is 5.75 Å². The van der Waals surface area contributed by atoms with E-state index in [4.69, 9.17) is 4.74 Å². The smallest absolute Gasteiger partial charge is 0.208 e. The Morgan fingerprint density at radius 3 is 2.62 bits per heavy atom. The lowest BCUT2D eigenvalue weighted by Gasteiger charge is -2.16. The molecular weight excluding hydrogens is 288 g/mol. The quantitative estimate of drug-likeness (QED) is 0.697. The molecule has 0 fully saturated rings. The van der Waals surface area contributed by atoms with Crippen LogP contribution in [0.1, 0.15) is 54.2 Å². The number of Topliss-reactive ketones (excluding diaryl/α,β-unsaturated/α-hetero) is 1. The molecule has 0 amide bonds. The van der Waals surface area contributed by atoms with E-state index in [2.05, 4.69) is 0 Å². The molecule has 1 aliphatic rings. The van der Waals surface area contributed by atoms with E-state index in [9.17, 15) is 14.4 Å². The molecule has 0 saturated carbocycles. The molecule has 0 unspecified atom stereocenters. The fraction of sp³-hybridized carbons (Fsp3) is 0.188. The first-order valence-electron chi connectivity index (χ1n) is 6.52. The summed E-state index contributed by atoms with van der Waals surface area (Å²) in [4.78, 5) is 37.7. The molecule has 0 N–H and O–H groups in total. The van der Waals surface area contributed by atoms with E-state index >= 15 is 0 Å². The van der Waals surface area contributed by atoms with Crippen LogP contribution >= 0.6 is 11.3 Å². The van der Waals surface area contributed by atoms with Crippen LogP contribution in [0.4, 0.5) is 0 Å². The predicted octanol–water partition coefficient (Wildman–Crippen LogP) is 3.12. The SMILES string of the molecule is CCC(=O)c1cc2c(s1)C(=O)c1c(OC)cccc1C2=O. The van der Waals surface area contributed by atoms with E-state index in [1.165, 1.54) is 13.2 Å². The fourth-order valence-corrected chi connectivity index (χ4v) is 3.53. The number of thiophene rings is 1. The molecule has 1 aromatic carbocycles. The molecule has 5 heteroatoms. The van der Waals surface area contributed by atoms with Gasteiger partial charge in [0.05, 0.1) is 22.4 Å². The molecule has 21 heavy (non-hydrogen) atoms. The lowest BCUT2D eigenvalue weighted by atomic mass is 9.88. The third kappa shape index (κ3) is 1.93. The first-order chi connectivity index (χ1) is 10.1. The van der Waals surface area contributed by atoms with Crippen molar-refractivity contribution >= 4 is 28.7 Å². The second-order valence-corrected chi connectivity index (χ2v) is 5.72. The summed E-state index contributed by atoms with van der Waals surface area (Å²) in [5.41, 5.74) is 0.942. The van der Waals surface area contributed by atoms with Gasteiger partial charge in [-0.3, -0.25) is 14.4 Å². The Morgan fingerprint density at radius 2 is 1.95 bits per heavy atom. The highest BCUT2D eigenvalue weighted by Gasteiger charge is 2.34. The van der Waals surface area contributed by atoms with Crippen LogP contribution in [0.2, 0.25) is 0 Å². The number of carbonyl (C=O) groups is 3. The van der Waals surface area contributed by atoms with Crippen LogP contribution in [0, 0.1) is 0 Å². The van der Waals surface area contributed by atoms with Crippen LogP contribution in [0.3, 0.4) is 0 Å². The molecule has 3 rings (SSSR count). The summed E-state index contributed by atoms with van der Waals surface area (Å²) in [6, 6.07) is 6.48. The van der Waals surface area contributed by atoms with Gasteiger partial charge in [-0.1, -0.05) is 19.1 Å². The number of hydrogen-bond acceptors (Lipinski definition) is 5. The van der Waals surface area contributed by atoms with Gasteiger partial charge in [-0.25, -0.2) is 0 Å². The topological polar surface area (TPSA) is 60.4 Å². The van der Waals surface area contributed by atoms with E-state index in [1.807, 2.05) is 0 Å². The second-order valence-electron chi connectivity index (χ2n) is 4.67. The average Bonchev–Trinajstić information content (AvgIpc) is 2.96. The Kier molecular flexibility index (Phi) is 3.22. The van der Waals surface area contributed by atoms with Crippen molar-refractivity contribution in [2.45, 2.75) is 13.3 Å². The van der Waals surface area contributed by atoms with Crippen LogP contribution in [0.5, 0.6) is 5.75 Å². The molecule has 0 saturated heterocycles. The number of hydrogen-bond donors (Lipinski definition) is 0. The van der Waals surface area contributed by atoms with E-state index in [1.54, 1.807) is 25.1 Å². The van der Waals surface area contributed by atoms with Crippen molar-refractivity contribution in [2.24, 2.45) is 0 Å². The molecule has 2 aromatic rings. The zero-order valence-corrected chi connectivity index (χ0v) is 12.4. The van der Waals surface area contributed by atoms with E-state index in [-0.39, 0.29) is 22.9 Å². The van der Waals surface area contributed by atoms with Crippen LogP contribution in [-0.2, 0) is 0 Å². The predicted molar refractivity (Wildman–Crippen MR) is 78.8 cm³/mol.